The zero-order chi connectivity index (χ0) is 13.1. The summed E-state index contributed by atoms with van der Waals surface area (Å²) in [4.78, 5) is 11.7. The number of aryl methyl sites for hydroxylation is 2. The van der Waals surface area contributed by atoms with Crippen molar-refractivity contribution >= 4 is 17.7 Å². The van der Waals surface area contributed by atoms with Crippen LogP contribution in [-0.4, -0.2) is 28.2 Å². The van der Waals surface area contributed by atoms with Crippen LogP contribution in [-0.2, 0) is 4.74 Å². The van der Waals surface area contributed by atoms with Crippen molar-refractivity contribution < 1.29 is 14.1 Å². The Labute approximate surface area is 106 Å². The molecule has 0 N–H and O–H groups in total. The van der Waals surface area contributed by atoms with Gasteiger partial charge >= 0.3 is 5.97 Å². The van der Waals surface area contributed by atoms with Crippen LogP contribution in [0.4, 0.5) is 0 Å². The van der Waals surface area contributed by atoms with E-state index in [4.69, 9.17) is 9.26 Å². The number of carbonyl (C=O) groups is 1. The van der Waals surface area contributed by atoms with Gasteiger partial charge in [0.05, 0.1) is 5.69 Å². The Kier molecular flexibility index (Phi) is 4.62. The largest absolute Gasteiger partial charge is 0.461 e. The number of rotatable bonds is 4. The lowest BCUT2D eigenvalue weighted by molar-refractivity contribution is 0.0527. The molecular weight excluding hydrogens is 238 g/mol. The smallest absolute Gasteiger partial charge is 0.343 e. The Hall–Kier alpha value is -0.970. The molecule has 1 heterocycles. The van der Waals surface area contributed by atoms with Crippen molar-refractivity contribution in [2.24, 2.45) is 0 Å². The van der Waals surface area contributed by atoms with Crippen molar-refractivity contribution in [2.45, 2.75) is 39.4 Å². The molecule has 1 aromatic heterocycles. The maximum absolute atomic E-state index is 11.7. The van der Waals surface area contributed by atoms with E-state index in [0.717, 1.165) is 5.75 Å². The lowest BCUT2D eigenvalue weighted by Gasteiger charge is -2.17. The minimum Gasteiger partial charge on any atom is -0.461 e. The molecule has 0 bridgehead atoms. The highest BCUT2D eigenvalue weighted by molar-refractivity contribution is 8.00. The number of thioether (sulfide) groups is 1. The van der Waals surface area contributed by atoms with Crippen molar-refractivity contribution in [3.05, 3.63) is 17.0 Å². The van der Waals surface area contributed by atoms with Crippen molar-refractivity contribution in [1.29, 1.82) is 0 Å². The first-order chi connectivity index (χ1) is 7.81. The summed E-state index contributed by atoms with van der Waals surface area (Å²) in [5.74, 6) is 0.949. The van der Waals surface area contributed by atoms with Crippen LogP contribution in [0.1, 0.15) is 42.6 Å². The maximum Gasteiger partial charge on any atom is 0.343 e. The van der Waals surface area contributed by atoms with Crippen LogP contribution < -0.4 is 0 Å². The molecule has 0 fully saturated rings. The second-order valence-corrected chi connectivity index (χ2v) is 6.72. The summed E-state index contributed by atoms with van der Waals surface area (Å²) in [6.07, 6.45) is 0. The quantitative estimate of drug-likeness (QED) is 0.613. The summed E-state index contributed by atoms with van der Waals surface area (Å²) in [5.41, 5.74) is 1.03. The van der Waals surface area contributed by atoms with E-state index >= 15 is 0 Å². The van der Waals surface area contributed by atoms with E-state index < -0.39 is 0 Å². The Balaban J connectivity index is 2.41. The number of aromatic nitrogens is 1. The highest BCUT2D eigenvalue weighted by Crippen LogP contribution is 2.22. The normalized spacial score (nSPS) is 11.6. The first kappa shape index (κ1) is 14.1. The fourth-order valence-corrected chi connectivity index (χ4v) is 2.11. The highest BCUT2D eigenvalue weighted by Gasteiger charge is 2.19. The summed E-state index contributed by atoms with van der Waals surface area (Å²) in [6, 6.07) is 0. The van der Waals surface area contributed by atoms with E-state index in [-0.39, 0.29) is 10.7 Å². The minimum atomic E-state index is -0.351. The van der Waals surface area contributed by atoms with Gasteiger partial charge in [-0.2, -0.15) is 11.8 Å². The predicted octanol–water partition coefficient (Wildman–Crippen LogP) is 2.98. The zero-order valence-electron chi connectivity index (χ0n) is 11.0. The van der Waals surface area contributed by atoms with Crippen LogP contribution in [0.25, 0.3) is 0 Å². The van der Waals surface area contributed by atoms with Gasteiger partial charge in [0.2, 0.25) is 0 Å². The molecule has 0 radical (unpaired) electrons. The van der Waals surface area contributed by atoms with Gasteiger partial charge in [-0.25, -0.2) is 4.79 Å². The van der Waals surface area contributed by atoms with Gasteiger partial charge in [-0.15, -0.1) is 0 Å². The van der Waals surface area contributed by atoms with Gasteiger partial charge in [0.15, 0.2) is 0 Å². The molecule has 0 saturated heterocycles. The third-order valence-corrected chi connectivity index (χ3v) is 3.33. The molecular formula is C12H19NO3S. The van der Waals surface area contributed by atoms with Crippen LogP contribution in [0.15, 0.2) is 4.52 Å². The molecule has 0 aliphatic carbocycles. The van der Waals surface area contributed by atoms with Crippen LogP contribution in [0.3, 0.4) is 0 Å². The van der Waals surface area contributed by atoms with Gasteiger partial charge in [0.1, 0.15) is 17.9 Å². The third kappa shape index (κ3) is 4.42. The maximum atomic E-state index is 11.7. The standard InChI is InChI=1S/C12H19NO3S/c1-8-10(9(2)16-13-8)11(14)15-6-7-17-12(3,4)5/h6-7H2,1-5H3. The van der Waals surface area contributed by atoms with E-state index in [0.29, 0.717) is 23.6 Å². The van der Waals surface area contributed by atoms with E-state index in [9.17, 15) is 4.79 Å². The number of hydrogen-bond donors (Lipinski definition) is 0. The first-order valence-corrected chi connectivity index (χ1v) is 6.54. The van der Waals surface area contributed by atoms with Gasteiger partial charge in [0.25, 0.3) is 0 Å². The number of nitrogens with zero attached hydrogens (tertiary/aromatic N) is 1. The summed E-state index contributed by atoms with van der Waals surface area (Å²) in [6.45, 7) is 10.2. The highest BCUT2D eigenvalue weighted by atomic mass is 32.2. The topological polar surface area (TPSA) is 52.3 Å². The molecule has 0 saturated carbocycles. The van der Waals surface area contributed by atoms with Crippen LogP contribution in [0.5, 0.6) is 0 Å². The van der Waals surface area contributed by atoms with E-state index in [1.807, 2.05) is 0 Å². The Bertz CT molecular complexity index is 373. The van der Waals surface area contributed by atoms with Crippen molar-refractivity contribution in [3.8, 4) is 0 Å². The van der Waals surface area contributed by atoms with Crippen LogP contribution in [0.2, 0.25) is 0 Å². The Morgan fingerprint density at radius 3 is 2.53 bits per heavy atom. The molecule has 0 aliphatic rings. The summed E-state index contributed by atoms with van der Waals surface area (Å²) < 4.78 is 10.3. The van der Waals surface area contributed by atoms with Crippen LogP contribution in [0, 0.1) is 13.8 Å². The average Bonchev–Trinajstić information content (AvgIpc) is 2.52. The van der Waals surface area contributed by atoms with E-state index in [1.165, 1.54) is 0 Å². The third-order valence-electron chi connectivity index (χ3n) is 2.09. The summed E-state index contributed by atoms with van der Waals surface area (Å²) in [5, 5.41) is 3.72. The summed E-state index contributed by atoms with van der Waals surface area (Å²) in [7, 11) is 0. The van der Waals surface area contributed by atoms with Gasteiger partial charge in [-0.05, 0) is 13.8 Å². The van der Waals surface area contributed by atoms with Crippen molar-refractivity contribution in [1.82, 2.24) is 5.16 Å². The van der Waals surface area contributed by atoms with Gasteiger partial charge in [0, 0.05) is 10.5 Å². The van der Waals surface area contributed by atoms with Crippen molar-refractivity contribution in [3.63, 3.8) is 0 Å². The van der Waals surface area contributed by atoms with Gasteiger partial charge in [-0.1, -0.05) is 25.9 Å². The van der Waals surface area contributed by atoms with E-state index in [1.54, 1.807) is 25.6 Å². The lowest BCUT2D eigenvalue weighted by atomic mass is 10.2. The molecule has 17 heavy (non-hydrogen) atoms. The molecule has 0 aliphatic heterocycles. The monoisotopic (exact) mass is 257 g/mol. The first-order valence-electron chi connectivity index (χ1n) is 5.55. The fraction of sp³-hybridized carbons (Fsp3) is 0.667. The minimum absolute atomic E-state index is 0.190. The number of ether oxygens (including phenoxy) is 1. The SMILES string of the molecule is Cc1noc(C)c1C(=O)OCCSC(C)(C)C. The molecule has 0 amide bonds. The summed E-state index contributed by atoms with van der Waals surface area (Å²) >= 11 is 1.76. The fourth-order valence-electron chi connectivity index (χ4n) is 1.33. The van der Waals surface area contributed by atoms with Crippen molar-refractivity contribution in [2.75, 3.05) is 12.4 Å². The molecule has 0 atom stereocenters. The average molecular weight is 257 g/mol. The molecule has 4 nitrogen and oxygen atoms in total. The molecule has 1 rings (SSSR count). The Morgan fingerprint density at radius 1 is 1.41 bits per heavy atom. The van der Waals surface area contributed by atoms with E-state index in [2.05, 4.69) is 25.9 Å². The molecule has 0 unspecified atom stereocenters. The second kappa shape index (κ2) is 5.58. The number of esters is 1. The second-order valence-electron chi connectivity index (χ2n) is 4.80. The molecule has 1 aromatic rings. The predicted molar refractivity (Wildman–Crippen MR) is 68.5 cm³/mol. The molecule has 5 heteroatoms. The number of hydrogen-bond acceptors (Lipinski definition) is 5. The molecule has 96 valence electrons. The Morgan fingerprint density at radius 2 is 2.06 bits per heavy atom. The van der Waals surface area contributed by atoms with Gasteiger partial charge < -0.3 is 9.26 Å². The van der Waals surface area contributed by atoms with Gasteiger partial charge in [-0.3, -0.25) is 0 Å². The zero-order valence-corrected chi connectivity index (χ0v) is 11.8. The molecule has 0 spiro atoms. The lowest BCUT2D eigenvalue weighted by Crippen LogP contribution is -2.14. The van der Waals surface area contributed by atoms with Crippen LogP contribution >= 0.6 is 11.8 Å². The number of carbonyl (C=O) groups excluding carboxylic acids is 1. The molecule has 0 aromatic carbocycles.